The Bertz CT molecular complexity index is 1410. The minimum absolute atomic E-state index is 0.00370. The minimum Gasteiger partial charge on any atom is -0.274 e. The van der Waals surface area contributed by atoms with Crippen molar-refractivity contribution < 1.29 is 9.59 Å². The van der Waals surface area contributed by atoms with E-state index in [-0.39, 0.29) is 18.0 Å². The van der Waals surface area contributed by atoms with Crippen molar-refractivity contribution in [3.8, 4) is 23.0 Å². The monoisotopic (exact) mass is 464 g/mol. The highest BCUT2D eigenvalue weighted by Crippen LogP contribution is 2.34. The summed E-state index contributed by atoms with van der Waals surface area (Å²) in [7, 11) is 0. The molecule has 0 fully saturated rings. The first-order valence-electron chi connectivity index (χ1n) is 11.7. The molecule has 1 aromatic heterocycles. The second kappa shape index (κ2) is 9.55. The highest BCUT2D eigenvalue weighted by molar-refractivity contribution is 6.19. The van der Waals surface area contributed by atoms with Crippen LogP contribution in [0.4, 0.5) is 0 Å². The third-order valence-electron chi connectivity index (χ3n) is 6.25. The molecule has 2 heterocycles. The number of rotatable bonds is 5. The maximum Gasteiger partial charge on any atom is 0.271 e. The lowest BCUT2D eigenvalue weighted by molar-refractivity contribution is -0.140. The third-order valence-corrected chi connectivity index (χ3v) is 6.25. The zero-order valence-electron chi connectivity index (χ0n) is 20.7. The molecule has 0 saturated heterocycles. The van der Waals surface area contributed by atoms with Crippen molar-refractivity contribution in [3.63, 3.8) is 0 Å². The Balaban J connectivity index is 1.98. The minimum atomic E-state index is -0.528. The molecule has 6 heteroatoms. The number of hydrogen-bond donors (Lipinski definition) is 0. The number of carbonyl (C=O) groups is 2. The Morgan fingerprint density at radius 2 is 1.66 bits per heavy atom. The summed E-state index contributed by atoms with van der Waals surface area (Å²) < 4.78 is 1.80. The molecule has 0 saturated carbocycles. The van der Waals surface area contributed by atoms with Gasteiger partial charge in [-0.05, 0) is 69.0 Å². The molecule has 1 aliphatic rings. The lowest BCUT2D eigenvalue weighted by Gasteiger charge is -2.27. The Morgan fingerprint density at radius 3 is 2.26 bits per heavy atom. The average Bonchev–Trinajstić information content (AvgIpc) is 3.23. The zero-order valence-corrected chi connectivity index (χ0v) is 20.7. The number of imide groups is 1. The summed E-state index contributed by atoms with van der Waals surface area (Å²) in [5.41, 5.74) is 7.46. The number of benzene rings is 2. The van der Waals surface area contributed by atoms with Crippen LogP contribution in [0.15, 0.2) is 65.4 Å². The molecule has 0 atom stereocenters. The molecule has 2 aromatic carbocycles. The molecule has 3 aromatic rings. The molecule has 0 unspecified atom stereocenters. The Morgan fingerprint density at radius 1 is 1.00 bits per heavy atom. The van der Waals surface area contributed by atoms with Crippen molar-refractivity contribution in [3.05, 3.63) is 87.6 Å². The normalized spacial score (nSPS) is 15.2. The Hall–Kier alpha value is -4.24. The molecule has 0 N–H and O–H groups in total. The van der Waals surface area contributed by atoms with E-state index in [9.17, 15) is 14.9 Å². The quantitative estimate of drug-likeness (QED) is 0.371. The van der Waals surface area contributed by atoms with Crippen LogP contribution in [0.1, 0.15) is 42.5 Å². The fraction of sp³-hybridized carbons (Fsp3) is 0.241. The van der Waals surface area contributed by atoms with E-state index in [1.54, 1.807) is 17.7 Å². The van der Waals surface area contributed by atoms with Crippen molar-refractivity contribution >= 4 is 17.9 Å². The van der Waals surface area contributed by atoms with Crippen molar-refractivity contribution in [1.82, 2.24) is 14.7 Å². The van der Waals surface area contributed by atoms with Gasteiger partial charge >= 0.3 is 0 Å². The maximum absolute atomic E-state index is 13.4. The Kier molecular flexibility index (Phi) is 6.52. The number of nitriles is 1. The van der Waals surface area contributed by atoms with Gasteiger partial charge in [-0.15, -0.1) is 0 Å². The van der Waals surface area contributed by atoms with Gasteiger partial charge in [0.2, 0.25) is 0 Å². The van der Waals surface area contributed by atoms with E-state index in [0.717, 1.165) is 33.6 Å². The average molecular weight is 465 g/mol. The van der Waals surface area contributed by atoms with E-state index in [1.165, 1.54) is 10.5 Å². The predicted molar refractivity (Wildman–Crippen MR) is 137 cm³/mol. The van der Waals surface area contributed by atoms with E-state index >= 15 is 0 Å². The van der Waals surface area contributed by atoms with Crippen LogP contribution in [0.3, 0.4) is 0 Å². The van der Waals surface area contributed by atoms with Crippen molar-refractivity contribution in [1.29, 1.82) is 5.26 Å². The van der Waals surface area contributed by atoms with Crippen LogP contribution in [0, 0.1) is 32.1 Å². The highest BCUT2D eigenvalue weighted by Gasteiger charge is 2.35. The number of aryl methyl sites for hydroxylation is 3. The fourth-order valence-corrected chi connectivity index (χ4v) is 4.67. The molecule has 0 spiro atoms. The number of amides is 2. The fourth-order valence-electron chi connectivity index (χ4n) is 4.67. The largest absolute Gasteiger partial charge is 0.274 e. The summed E-state index contributed by atoms with van der Waals surface area (Å²) in [5.74, 6) is -0.913. The molecule has 6 nitrogen and oxygen atoms in total. The van der Waals surface area contributed by atoms with Crippen LogP contribution in [0.25, 0.3) is 23.0 Å². The van der Waals surface area contributed by atoms with Gasteiger partial charge < -0.3 is 0 Å². The first-order chi connectivity index (χ1) is 16.8. The zero-order chi connectivity index (χ0) is 25.3. The lowest BCUT2D eigenvalue weighted by Crippen LogP contribution is -2.43. The summed E-state index contributed by atoms with van der Waals surface area (Å²) in [4.78, 5) is 27.3. The molecule has 1 aliphatic heterocycles. The Labute approximate surface area is 205 Å². The van der Waals surface area contributed by atoms with Crippen LogP contribution in [0.2, 0.25) is 0 Å². The van der Waals surface area contributed by atoms with Crippen LogP contribution in [0.5, 0.6) is 0 Å². The van der Waals surface area contributed by atoms with Gasteiger partial charge in [-0.2, -0.15) is 10.4 Å². The molecule has 0 bridgehead atoms. The van der Waals surface area contributed by atoms with Gasteiger partial charge in [0, 0.05) is 29.4 Å². The summed E-state index contributed by atoms with van der Waals surface area (Å²) in [6.45, 7) is 9.99. The van der Waals surface area contributed by atoms with E-state index in [0.29, 0.717) is 17.6 Å². The number of para-hydroxylation sites is 1. The van der Waals surface area contributed by atoms with Crippen LogP contribution in [-0.2, 0) is 9.59 Å². The predicted octanol–water partition coefficient (Wildman–Crippen LogP) is 5.47. The van der Waals surface area contributed by atoms with Gasteiger partial charge in [-0.3, -0.25) is 14.5 Å². The number of carbonyl (C=O) groups excluding carboxylic acids is 2. The molecular formula is C29H28N4O2. The number of hydrogen-bond acceptors (Lipinski definition) is 4. The molecule has 35 heavy (non-hydrogen) atoms. The van der Waals surface area contributed by atoms with Crippen molar-refractivity contribution in [2.24, 2.45) is 0 Å². The molecule has 176 valence electrons. The standard InChI is InChI=1S/C29H28N4O2/c1-6-12-32-28(34)24(21(5)25(16-30)29(32)35)15-22-17-33(23-10-8-7-9-11-23)31-27(22)26-19(3)13-18(2)14-20(26)4/h7-11,13-15,17H,6,12H2,1-5H3/b24-15+. The number of nitrogens with zero attached hydrogens (tertiary/aromatic N) is 4. The van der Waals surface area contributed by atoms with Gasteiger partial charge in [0.1, 0.15) is 17.3 Å². The van der Waals surface area contributed by atoms with Crippen LogP contribution < -0.4 is 0 Å². The summed E-state index contributed by atoms with van der Waals surface area (Å²) in [5, 5.41) is 14.6. The van der Waals surface area contributed by atoms with Gasteiger partial charge in [0.15, 0.2) is 0 Å². The molecular weight excluding hydrogens is 436 g/mol. The van der Waals surface area contributed by atoms with Gasteiger partial charge in [0.05, 0.1) is 5.69 Å². The van der Waals surface area contributed by atoms with E-state index in [4.69, 9.17) is 5.10 Å². The molecule has 4 rings (SSSR count). The van der Waals surface area contributed by atoms with Gasteiger partial charge in [-0.1, -0.05) is 42.8 Å². The van der Waals surface area contributed by atoms with E-state index in [2.05, 4.69) is 32.9 Å². The lowest BCUT2D eigenvalue weighted by atomic mass is 9.91. The molecule has 2 amide bonds. The van der Waals surface area contributed by atoms with E-state index in [1.807, 2.05) is 49.5 Å². The summed E-state index contributed by atoms with van der Waals surface area (Å²) in [6.07, 6.45) is 4.27. The first-order valence-corrected chi connectivity index (χ1v) is 11.7. The van der Waals surface area contributed by atoms with Gasteiger partial charge in [-0.25, -0.2) is 4.68 Å². The smallest absolute Gasteiger partial charge is 0.271 e. The van der Waals surface area contributed by atoms with E-state index < -0.39 is 5.91 Å². The van der Waals surface area contributed by atoms with Gasteiger partial charge in [0.25, 0.3) is 11.8 Å². The highest BCUT2D eigenvalue weighted by atomic mass is 16.2. The topological polar surface area (TPSA) is 79.0 Å². The van der Waals surface area contributed by atoms with Crippen molar-refractivity contribution in [2.45, 2.75) is 41.0 Å². The SMILES string of the molecule is CCCN1C(=O)C(C#N)=C(C)/C(=C\c2cn(-c3ccccc3)nc2-c2c(C)cc(C)cc2C)C1=O. The first kappa shape index (κ1) is 23.9. The van der Waals surface area contributed by atoms with Crippen molar-refractivity contribution in [2.75, 3.05) is 6.54 Å². The summed E-state index contributed by atoms with van der Waals surface area (Å²) >= 11 is 0. The second-order valence-corrected chi connectivity index (χ2v) is 8.92. The molecule has 0 aliphatic carbocycles. The number of aromatic nitrogens is 2. The maximum atomic E-state index is 13.4. The third kappa shape index (κ3) is 4.33. The van der Waals surface area contributed by atoms with Crippen LogP contribution >= 0.6 is 0 Å². The summed E-state index contributed by atoms with van der Waals surface area (Å²) in [6, 6.07) is 16.0. The van der Waals surface area contributed by atoms with Crippen LogP contribution in [-0.4, -0.2) is 33.0 Å². The molecule has 0 radical (unpaired) electrons. The second-order valence-electron chi connectivity index (χ2n) is 8.92.